The summed E-state index contributed by atoms with van der Waals surface area (Å²) in [6.07, 6.45) is -0.498. The van der Waals surface area contributed by atoms with Crippen LogP contribution in [0.1, 0.15) is 22.8 Å². The van der Waals surface area contributed by atoms with Gasteiger partial charge in [0.25, 0.3) is 0 Å². The van der Waals surface area contributed by atoms with Crippen LogP contribution in [-0.4, -0.2) is 50.0 Å². The van der Waals surface area contributed by atoms with E-state index in [9.17, 15) is 5.11 Å². The number of ether oxygens (including phenoxy) is 2. The summed E-state index contributed by atoms with van der Waals surface area (Å²) in [7, 11) is 1.71. The molecule has 156 valence electrons. The Morgan fingerprint density at radius 2 is 1.82 bits per heavy atom. The van der Waals surface area contributed by atoms with Crippen LogP contribution in [0.3, 0.4) is 0 Å². The third-order valence-corrected chi connectivity index (χ3v) is 4.69. The van der Waals surface area contributed by atoms with Crippen LogP contribution in [-0.2, 0) is 17.8 Å². The predicted octanol–water partition coefficient (Wildman–Crippen LogP) is 3.19. The van der Waals surface area contributed by atoms with Gasteiger partial charge in [0.05, 0.1) is 26.4 Å². The average Bonchev–Trinajstić information content (AvgIpc) is 2.69. The Morgan fingerprint density at radius 3 is 2.50 bits per heavy atom. The maximum absolute atomic E-state index is 10.3. The van der Waals surface area contributed by atoms with E-state index in [0.717, 1.165) is 44.2 Å². The van der Waals surface area contributed by atoms with Crippen LogP contribution in [0.5, 0.6) is 5.75 Å². The molecule has 0 aromatic heterocycles. The van der Waals surface area contributed by atoms with Crippen LogP contribution in [0.15, 0.2) is 48.5 Å². The van der Waals surface area contributed by atoms with Crippen LogP contribution < -0.4 is 10.1 Å². The second-order valence-electron chi connectivity index (χ2n) is 6.59. The third-order valence-electron chi connectivity index (χ3n) is 4.69. The molecule has 0 spiro atoms. The number of methoxy groups -OCH3 is 1. The third kappa shape index (κ3) is 7.24. The highest BCUT2D eigenvalue weighted by molar-refractivity contribution is 5.85. The number of morpholine rings is 1. The van der Waals surface area contributed by atoms with Crippen molar-refractivity contribution in [1.29, 1.82) is 0 Å². The number of nitrogens with one attached hydrogen (secondary N) is 1. The van der Waals surface area contributed by atoms with Crippen LogP contribution >= 0.6 is 24.8 Å². The summed E-state index contributed by atoms with van der Waals surface area (Å²) in [4.78, 5) is 2.39. The summed E-state index contributed by atoms with van der Waals surface area (Å²) < 4.78 is 10.9. The van der Waals surface area contributed by atoms with Crippen molar-refractivity contribution in [3.8, 4) is 5.75 Å². The Hall–Kier alpha value is -1.34. The van der Waals surface area contributed by atoms with E-state index in [1.807, 2.05) is 36.4 Å². The monoisotopic (exact) mass is 428 g/mol. The Kier molecular flexibility index (Phi) is 11.5. The first-order chi connectivity index (χ1) is 12.8. The molecule has 2 aromatic rings. The number of benzene rings is 2. The Bertz CT molecular complexity index is 683. The molecule has 1 atom stereocenters. The molecule has 5 nitrogen and oxygen atoms in total. The fourth-order valence-corrected chi connectivity index (χ4v) is 3.21. The molecule has 1 heterocycles. The first-order valence-corrected chi connectivity index (χ1v) is 9.16. The summed E-state index contributed by atoms with van der Waals surface area (Å²) >= 11 is 0. The number of hydrogen-bond donors (Lipinski definition) is 2. The molecule has 1 aliphatic heterocycles. The quantitative estimate of drug-likeness (QED) is 0.675. The van der Waals surface area contributed by atoms with Gasteiger partial charge >= 0.3 is 0 Å². The molecule has 1 aliphatic rings. The molecule has 28 heavy (non-hydrogen) atoms. The summed E-state index contributed by atoms with van der Waals surface area (Å²) in [5.74, 6) is 0.921. The van der Waals surface area contributed by atoms with Crippen molar-refractivity contribution >= 4 is 24.8 Å². The second-order valence-corrected chi connectivity index (χ2v) is 6.59. The predicted molar refractivity (Wildman–Crippen MR) is 117 cm³/mol. The average molecular weight is 429 g/mol. The lowest BCUT2D eigenvalue weighted by atomic mass is 10.1. The summed E-state index contributed by atoms with van der Waals surface area (Å²) in [6, 6.07) is 16.0. The maximum Gasteiger partial charge on any atom is 0.123 e. The largest absolute Gasteiger partial charge is 0.496 e. The number of hydrogen-bond acceptors (Lipinski definition) is 5. The molecule has 2 N–H and O–H groups in total. The number of nitrogens with zero attached hydrogens (tertiary/aromatic N) is 1. The second kappa shape index (κ2) is 13.0. The molecule has 1 fully saturated rings. The van der Waals surface area contributed by atoms with Gasteiger partial charge in [-0.15, -0.1) is 24.8 Å². The number of rotatable bonds is 8. The molecular formula is C21H30Cl2N2O3. The SMILES string of the molecule is COc1ccc(CNCC(O)c2ccccc2)cc1CN1CCOCC1.Cl.Cl. The van der Waals surface area contributed by atoms with Crippen LogP contribution in [0.2, 0.25) is 0 Å². The van der Waals surface area contributed by atoms with Crippen LogP contribution in [0.25, 0.3) is 0 Å². The van der Waals surface area contributed by atoms with Crippen molar-refractivity contribution in [2.24, 2.45) is 0 Å². The molecule has 3 rings (SSSR count). The van der Waals surface area contributed by atoms with Gasteiger partial charge in [-0.3, -0.25) is 4.90 Å². The molecule has 1 unspecified atom stereocenters. The van der Waals surface area contributed by atoms with Crippen molar-refractivity contribution in [3.05, 3.63) is 65.2 Å². The van der Waals surface area contributed by atoms with E-state index in [1.54, 1.807) is 7.11 Å². The van der Waals surface area contributed by atoms with Gasteiger partial charge in [0.1, 0.15) is 5.75 Å². The molecule has 0 radical (unpaired) electrons. The van der Waals surface area contributed by atoms with E-state index in [-0.39, 0.29) is 24.8 Å². The van der Waals surface area contributed by atoms with Crippen molar-refractivity contribution in [1.82, 2.24) is 10.2 Å². The molecular weight excluding hydrogens is 399 g/mol. The highest BCUT2D eigenvalue weighted by Gasteiger charge is 2.14. The maximum atomic E-state index is 10.3. The number of aliphatic hydroxyl groups is 1. The van der Waals surface area contributed by atoms with Gasteiger partial charge in [0.15, 0.2) is 0 Å². The lowest BCUT2D eigenvalue weighted by Gasteiger charge is -2.27. The zero-order chi connectivity index (χ0) is 18.2. The van der Waals surface area contributed by atoms with Crippen LogP contribution in [0, 0.1) is 0 Å². The van der Waals surface area contributed by atoms with Gasteiger partial charge in [-0.1, -0.05) is 36.4 Å². The lowest BCUT2D eigenvalue weighted by molar-refractivity contribution is 0.0339. The van der Waals surface area contributed by atoms with Gasteiger partial charge in [-0.25, -0.2) is 0 Å². The summed E-state index contributed by atoms with van der Waals surface area (Å²) in [6.45, 7) is 5.59. The first-order valence-electron chi connectivity index (χ1n) is 9.16. The molecule has 7 heteroatoms. The van der Waals surface area contributed by atoms with Crippen LogP contribution in [0.4, 0.5) is 0 Å². The number of halogens is 2. The Morgan fingerprint density at radius 1 is 1.11 bits per heavy atom. The first kappa shape index (κ1) is 24.7. The van der Waals surface area contributed by atoms with E-state index >= 15 is 0 Å². The molecule has 0 saturated carbocycles. The van der Waals surface area contributed by atoms with Gasteiger partial charge < -0.3 is 19.9 Å². The van der Waals surface area contributed by atoms with Crippen molar-refractivity contribution < 1.29 is 14.6 Å². The lowest BCUT2D eigenvalue weighted by Crippen LogP contribution is -2.35. The highest BCUT2D eigenvalue weighted by Crippen LogP contribution is 2.22. The fourth-order valence-electron chi connectivity index (χ4n) is 3.21. The Balaban J connectivity index is 0.00000196. The van der Waals surface area contributed by atoms with Gasteiger partial charge in [0, 0.05) is 38.3 Å². The van der Waals surface area contributed by atoms with E-state index in [4.69, 9.17) is 9.47 Å². The zero-order valence-electron chi connectivity index (χ0n) is 16.2. The van der Waals surface area contributed by atoms with E-state index in [0.29, 0.717) is 13.1 Å². The van der Waals surface area contributed by atoms with Crippen molar-refractivity contribution in [3.63, 3.8) is 0 Å². The normalized spacial score (nSPS) is 15.2. The molecule has 1 saturated heterocycles. The summed E-state index contributed by atoms with van der Waals surface area (Å²) in [5, 5.41) is 13.6. The zero-order valence-corrected chi connectivity index (χ0v) is 17.8. The molecule has 0 bridgehead atoms. The van der Waals surface area contributed by atoms with E-state index < -0.39 is 6.10 Å². The molecule has 0 aliphatic carbocycles. The Labute approximate surface area is 179 Å². The molecule has 2 aromatic carbocycles. The molecule has 0 amide bonds. The van der Waals surface area contributed by atoms with Crippen molar-refractivity contribution in [2.75, 3.05) is 40.0 Å². The van der Waals surface area contributed by atoms with E-state index in [1.165, 1.54) is 11.1 Å². The van der Waals surface area contributed by atoms with Crippen molar-refractivity contribution in [2.45, 2.75) is 19.2 Å². The topological polar surface area (TPSA) is 54.0 Å². The fraction of sp³-hybridized carbons (Fsp3) is 0.429. The standard InChI is InChI=1S/C21H28N2O3.2ClH/c1-25-21-8-7-17(13-19(21)16-23-9-11-26-12-10-23)14-22-15-20(24)18-5-3-2-4-6-18;;/h2-8,13,20,22,24H,9-12,14-16H2,1H3;2*1H. The smallest absolute Gasteiger partial charge is 0.123 e. The van der Waals surface area contributed by atoms with Gasteiger partial charge in [-0.05, 0) is 23.3 Å². The minimum Gasteiger partial charge on any atom is -0.496 e. The minimum absolute atomic E-state index is 0. The summed E-state index contributed by atoms with van der Waals surface area (Å²) in [5.41, 5.74) is 3.31. The van der Waals surface area contributed by atoms with Gasteiger partial charge in [-0.2, -0.15) is 0 Å². The van der Waals surface area contributed by atoms with E-state index in [2.05, 4.69) is 22.3 Å². The highest BCUT2D eigenvalue weighted by atomic mass is 35.5. The van der Waals surface area contributed by atoms with Gasteiger partial charge in [0.2, 0.25) is 0 Å². The minimum atomic E-state index is -0.498. The number of aliphatic hydroxyl groups excluding tert-OH is 1.